The molecule has 1 aromatic heterocycles. The second-order valence-electron chi connectivity index (χ2n) is 3.84. The zero-order valence-electron chi connectivity index (χ0n) is 10.1. The topological polar surface area (TPSA) is 54.0 Å². The number of pyridine rings is 1. The van der Waals surface area contributed by atoms with Crippen molar-refractivity contribution in [2.75, 3.05) is 12.4 Å². The maximum Gasteiger partial charge on any atom is 0.269 e. The minimum Gasteiger partial charge on any atom is -0.382 e. The Kier molecular flexibility index (Phi) is 4.76. The number of nitrogens with one attached hydrogen (secondary N) is 2. The molecule has 16 heavy (non-hydrogen) atoms. The van der Waals surface area contributed by atoms with Crippen LogP contribution in [-0.2, 0) is 0 Å². The van der Waals surface area contributed by atoms with E-state index in [1.807, 2.05) is 6.07 Å². The number of carbonyl (C=O) groups is 1. The Balaban J connectivity index is 2.70. The van der Waals surface area contributed by atoms with Crippen molar-refractivity contribution >= 4 is 11.6 Å². The molecule has 1 atom stereocenters. The van der Waals surface area contributed by atoms with Gasteiger partial charge in [0.05, 0.1) is 0 Å². The van der Waals surface area contributed by atoms with Crippen molar-refractivity contribution in [2.24, 2.45) is 0 Å². The summed E-state index contributed by atoms with van der Waals surface area (Å²) in [5.41, 5.74) is 1.38. The first-order valence-electron chi connectivity index (χ1n) is 5.62. The first-order valence-corrected chi connectivity index (χ1v) is 5.62. The molecule has 0 aliphatic carbocycles. The number of rotatable bonds is 5. The second-order valence-corrected chi connectivity index (χ2v) is 3.84. The molecule has 0 spiro atoms. The van der Waals surface area contributed by atoms with Gasteiger partial charge in [0.1, 0.15) is 5.69 Å². The van der Waals surface area contributed by atoms with Gasteiger partial charge in [0, 0.05) is 25.0 Å². The third-order valence-corrected chi connectivity index (χ3v) is 2.35. The molecule has 0 saturated heterocycles. The van der Waals surface area contributed by atoms with Crippen LogP contribution in [0.3, 0.4) is 0 Å². The normalized spacial score (nSPS) is 11.9. The van der Waals surface area contributed by atoms with Gasteiger partial charge in [-0.05, 0) is 25.5 Å². The third kappa shape index (κ3) is 3.53. The van der Waals surface area contributed by atoms with Crippen LogP contribution in [0.15, 0.2) is 18.3 Å². The van der Waals surface area contributed by atoms with Gasteiger partial charge in [-0.15, -0.1) is 0 Å². The highest BCUT2D eigenvalue weighted by Gasteiger charge is 2.06. The third-order valence-electron chi connectivity index (χ3n) is 2.35. The quantitative estimate of drug-likeness (QED) is 0.800. The molecule has 0 aromatic carbocycles. The van der Waals surface area contributed by atoms with Gasteiger partial charge >= 0.3 is 0 Å². The van der Waals surface area contributed by atoms with E-state index in [1.54, 1.807) is 19.3 Å². The smallest absolute Gasteiger partial charge is 0.269 e. The van der Waals surface area contributed by atoms with E-state index in [9.17, 15) is 4.79 Å². The van der Waals surface area contributed by atoms with Crippen LogP contribution >= 0.6 is 0 Å². The van der Waals surface area contributed by atoms with Gasteiger partial charge < -0.3 is 10.6 Å². The van der Waals surface area contributed by atoms with E-state index in [1.165, 1.54) is 0 Å². The molecule has 1 aromatic rings. The van der Waals surface area contributed by atoms with Crippen LogP contribution in [0.5, 0.6) is 0 Å². The summed E-state index contributed by atoms with van der Waals surface area (Å²) in [6.45, 7) is 4.28. The number of aromatic nitrogens is 1. The highest BCUT2D eigenvalue weighted by Crippen LogP contribution is 2.11. The summed E-state index contributed by atoms with van der Waals surface area (Å²) in [6, 6.07) is 4.05. The highest BCUT2D eigenvalue weighted by molar-refractivity contribution is 5.92. The first kappa shape index (κ1) is 12.5. The maximum absolute atomic E-state index is 11.4. The molecule has 0 saturated carbocycles. The highest BCUT2D eigenvalue weighted by atomic mass is 16.1. The summed E-state index contributed by atoms with van der Waals surface area (Å²) in [7, 11) is 1.60. The molecule has 1 unspecified atom stereocenters. The molecule has 1 rings (SSSR count). The van der Waals surface area contributed by atoms with E-state index in [4.69, 9.17) is 0 Å². The van der Waals surface area contributed by atoms with Crippen molar-refractivity contribution in [3.8, 4) is 0 Å². The van der Waals surface area contributed by atoms with Gasteiger partial charge in [0.15, 0.2) is 0 Å². The van der Waals surface area contributed by atoms with Crippen LogP contribution in [0.25, 0.3) is 0 Å². The summed E-state index contributed by atoms with van der Waals surface area (Å²) in [5.74, 6) is -0.160. The van der Waals surface area contributed by atoms with Crippen molar-refractivity contribution in [1.82, 2.24) is 10.3 Å². The Labute approximate surface area is 96.5 Å². The van der Waals surface area contributed by atoms with Crippen molar-refractivity contribution in [1.29, 1.82) is 0 Å². The van der Waals surface area contributed by atoms with Gasteiger partial charge in [-0.25, -0.2) is 0 Å². The van der Waals surface area contributed by atoms with E-state index in [0.717, 1.165) is 18.5 Å². The van der Waals surface area contributed by atoms with Crippen molar-refractivity contribution in [2.45, 2.75) is 32.7 Å². The van der Waals surface area contributed by atoms with Gasteiger partial charge in [0.25, 0.3) is 5.91 Å². The van der Waals surface area contributed by atoms with Gasteiger partial charge in [-0.1, -0.05) is 13.3 Å². The van der Waals surface area contributed by atoms with Gasteiger partial charge in [0.2, 0.25) is 0 Å². The molecule has 4 nitrogen and oxygen atoms in total. The monoisotopic (exact) mass is 221 g/mol. The van der Waals surface area contributed by atoms with E-state index in [2.05, 4.69) is 29.5 Å². The summed E-state index contributed by atoms with van der Waals surface area (Å²) in [5, 5.41) is 5.90. The molecule has 0 radical (unpaired) electrons. The fraction of sp³-hybridized carbons (Fsp3) is 0.500. The lowest BCUT2D eigenvalue weighted by atomic mass is 10.2. The number of nitrogens with zero attached hydrogens (tertiary/aromatic N) is 1. The average Bonchev–Trinajstić information content (AvgIpc) is 2.28. The summed E-state index contributed by atoms with van der Waals surface area (Å²) >= 11 is 0. The lowest BCUT2D eigenvalue weighted by Crippen LogP contribution is -2.20. The minimum absolute atomic E-state index is 0.160. The van der Waals surface area contributed by atoms with E-state index in [0.29, 0.717) is 11.7 Å². The molecule has 4 heteroatoms. The SMILES string of the molecule is CCCC(C)Nc1ccnc(C(=O)NC)c1. The predicted molar refractivity (Wildman–Crippen MR) is 65.6 cm³/mol. The first-order chi connectivity index (χ1) is 7.67. The Morgan fingerprint density at radius 1 is 1.56 bits per heavy atom. The van der Waals surface area contributed by atoms with E-state index in [-0.39, 0.29) is 5.91 Å². The maximum atomic E-state index is 11.4. The zero-order valence-corrected chi connectivity index (χ0v) is 10.1. The number of hydrogen-bond acceptors (Lipinski definition) is 3. The molecule has 1 heterocycles. The summed E-state index contributed by atoms with van der Waals surface area (Å²) in [4.78, 5) is 15.4. The lowest BCUT2D eigenvalue weighted by Gasteiger charge is -2.14. The van der Waals surface area contributed by atoms with Crippen LogP contribution in [-0.4, -0.2) is 24.0 Å². The number of carbonyl (C=O) groups excluding carboxylic acids is 1. The van der Waals surface area contributed by atoms with Gasteiger partial charge in [-0.3, -0.25) is 9.78 Å². The fourth-order valence-corrected chi connectivity index (χ4v) is 1.56. The van der Waals surface area contributed by atoms with Crippen LogP contribution in [0.1, 0.15) is 37.2 Å². The fourth-order valence-electron chi connectivity index (χ4n) is 1.56. The summed E-state index contributed by atoms with van der Waals surface area (Å²) < 4.78 is 0. The number of amides is 1. The van der Waals surface area contributed by atoms with Crippen molar-refractivity contribution < 1.29 is 4.79 Å². The average molecular weight is 221 g/mol. The Morgan fingerprint density at radius 2 is 2.31 bits per heavy atom. The zero-order chi connectivity index (χ0) is 12.0. The minimum atomic E-state index is -0.160. The number of hydrogen-bond donors (Lipinski definition) is 2. The Hall–Kier alpha value is -1.58. The van der Waals surface area contributed by atoms with Crippen LogP contribution in [0.4, 0.5) is 5.69 Å². The Morgan fingerprint density at radius 3 is 2.94 bits per heavy atom. The summed E-state index contributed by atoms with van der Waals surface area (Å²) in [6.07, 6.45) is 3.89. The lowest BCUT2D eigenvalue weighted by molar-refractivity contribution is 0.0958. The van der Waals surface area contributed by atoms with E-state index < -0.39 is 0 Å². The molecule has 88 valence electrons. The molecule has 0 aliphatic rings. The predicted octanol–water partition coefficient (Wildman–Crippen LogP) is 2.04. The molecule has 0 bridgehead atoms. The van der Waals surface area contributed by atoms with Crippen molar-refractivity contribution in [3.63, 3.8) is 0 Å². The molecule has 0 aliphatic heterocycles. The molecular weight excluding hydrogens is 202 g/mol. The second kappa shape index (κ2) is 6.10. The largest absolute Gasteiger partial charge is 0.382 e. The molecule has 1 amide bonds. The van der Waals surface area contributed by atoms with Crippen molar-refractivity contribution in [3.05, 3.63) is 24.0 Å². The molecule has 0 fully saturated rings. The van der Waals surface area contributed by atoms with E-state index >= 15 is 0 Å². The van der Waals surface area contributed by atoms with Crippen LogP contribution in [0, 0.1) is 0 Å². The molecular formula is C12H19N3O. The molecule has 2 N–H and O–H groups in total. The van der Waals surface area contributed by atoms with Gasteiger partial charge in [-0.2, -0.15) is 0 Å². The van der Waals surface area contributed by atoms with Crippen LogP contribution < -0.4 is 10.6 Å². The number of anilines is 1. The standard InChI is InChI=1S/C12H19N3O/c1-4-5-9(2)15-10-6-7-14-11(8-10)12(16)13-3/h6-9H,4-5H2,1-3H3,(H,13,16)(H,14,15). The Bertz CT molecular complexity index is 352. The van der Waals surface area contributed by atoms with Crippen LogP contribution in [0.2, 0.25) is 0 Å².